The Morgan fingerprint density at radius 3 is 2.62 bits per heavy atom. The van der Waals surface area contributed by atoms with E-state index in [1.165, 1.54) is 5.56 Å². The van der Waals surface area contributed by atoms with Crippen LogP contribution in [0, 0.1) is 5.82 Å². The van der Waals surface area contributed by atoms with Crippen molar-refractivity contribution in [2.24, 2.45) is 0 Å². The van der Waals surface area contributed by atoms with E-state index >= 15 is 0 Å². The average Bonchev–Trinajstić information content (AvgIpc) is 3.53. The van der Waals surface area contributed by atoms with Gasteiger partial charge in [0.15, 0.2) is 17.4 Å². The molecule has 5 aromatic rings. The van der Waals surface area contributed by atoms with Gasteiger partial charge >= 0.3 is 6.18 Å². The van der Waals surface area contributed by atoms with Crippen LogP contribution in [0.2, 0.25) is 0 Å². The third-order valence-corrected chi connectivity index (χ3v) is 7.14. The van der Waals surface area contributed by atoms with Gasteiger partial charge in [0.1, 0.15) is 11.4 Å². The van der Waals surface area contributed by atoms with E-state index in [0.717, 1.165) is 54.2 Å². The standard InChI is InChI=1S/C29H25F4N5O2/c1-40-19-5-2-16(3-6-19)14-38-9-8-23-25(15-38)35-28(34-23)27-20-7-4-17(10-24(20)36-37-27)21-12-22(30)26(39)11-18(21)13-29(31,32)33/h2-7,10-12,39H,8-9,13-15H2,1H3,(H,34,35)(H,36,37). The van der Waals surface area contributed by atoms with E-state index in [0.29, 0.717) is 29.1 Å². The predicted molar refractivity (Wildman–Crippen MR) is 141 cm³/mol. The van der Waals surface area contributed by atoms with Crippen LogP contribution in [0.3, 0.4) is 0 Å². The first-order valence-corrected chi connectivity index (χ1v) is 12.7. The Bertz CT molecular complexity index is 1690. The highest BCUT2D eigenvalue weighted by atomic mass is 19.4. The molecule has 206 valence electrons. The van der Waals surface area contributed by atoms with Crippen molar-refractivity contribution in [1.82, 2.24) is 25.1 Å². The second-order valence-corrected chi connectivity index (χ2v) is 9.90. The molecule has 0 saturated carbocycles. The molecular weight excluding hydrogens is 526 g/mol. The number of fused-ring (bicyclic) bond motifs is 2. The largest absolute Gasteiger partial charge is 0.505 e. The first-order valence-electron chi connectivity index (χ1n) is 12.7. The van der Waals surface area contributed by atoms with Crippen molar-refractivity contribution in [3.63, 3.8) is 0 Å². The number of hydrogen-bond acceptors (Lipinski definition) is 5. The summed E-state index contributed by atoms with van der Waals surface area (Å²) in [6.07, 6.45) is -5.04. The quantitative estimate of drug-likeness (QED) is 0.221. The molecule has 40 heavy (non-hydrogen) atoms. The van der Waals surface area contributed by atoms with Crippen molar-refractivity contribution in [3.8, 4) is 34.1 Å². The molecule has 0 fully saturated rings. The molecule has 0 amide bonds. The third kappa shape index (κ3) is 5.12. The summed E-state index contributed by atoms with van der Waals surface area (Å²) in [6.45, 7) is 2.35. The number of hydrogen-bond donors (Lipinski definition) is 3. The summed E-state index contributed by atoms with van der Waals surface area (Å²) in [5, 5.41) is 17.7. The summed E-state index contributed by atoms with van der Waals surface area (Å²) in [7, 11) is 1.64. The minimum atomic E-state index is -4.52. The Morgan fingerprint density at radius 2 is 1.88 bits per heavy atom. The molecular formula is C29H25F4N5O2. The van der Waals surface area contributed by atoms with Gasteiger partial charge in [-0.05, 0) is 58.7 Å². The van der Waals surface area contributed by atoms with Crippen LogP contribution in [0.4, 0.5) is 17.6 Å². The van der Waals surface area contributed by atoms with Crippen LogP contribution in [0.1, 0.15) is 22.5 Å². The number of methoxy groups -OCH3 is 1. The van der Waals surface area contributed by atoms with Crippen LogP contribution in [0.15, 0.2) is 54.6 Å². The summed E-state index contributed by atoms with van der Waals surface area (Å²) in [5.41, 5.74) is 4.53. The second kappa shape index (κ2) is 9.98. The van der Waals surface area contributed by atoms with E-state index in [4.69, 9.17) is 9.72 Å². The van der Waals surface area contributed by atoms with Crippen LogP contribution in [0.5, 0.6) is 11.5 Å². The number of ether oxygens (including phenoxy) is 1. The summed E-state index contributed by atoms with van der Waals surface area (Å²) in [6, 6.07) is 14.7. The van der Waals surface area contributed by atoms with E-state index < -0.39 is 24.2 Å². The van der Waals surface area contributed by atoms with Crippen LogP contribution >= 0.6 is 0 Å². The normalized spacial score (nSPS) is 14.0. The van der Waals surface area contributed by atoms with E-state index in [-0.39, 0.29) is 11.1 Å². The van der Waals surface area contributed by atoms with Crippen molar-refractivity contribution in [2.45, 2.75) is 32.1 Å². The summed E-state index contributed by atoms with van der Waals surface area (Å²) < 4.78 is 58.9. The maximum absolute atomic E-state index is 14.1. The number of H-pyrrole nitrogens is 2. The minimum Gasteiger partial charge on any atom is -0.505 e. The lowest BCUT2D eigenvalue weighted by Crippen LogP contribution is -2.30. The number of aromatic amines is 2. The fraction of sp³-hybridized carbons (Fsp3) is 0.241. The van der Waals surface area contributed by atoms with Gasteiger partial charge < -0.3 is 14.8 Å². The Balaban J connectivity index is 1.26. The smallest absolute Gasteiger partial charge is 0.393 e. The molecule has 0 atom stereocenters. The Kier molecular flexibility index (Phi) is 6.46. The van der Waals surface area contributed by atoms with Crippen LogP contribution < -0.4 is 4.74 Å². The van der Waals surface area contributed by atoms with Gasteiger partial charge in [0.05, 0.1) is 30.4 Å². The lowest BCUT2D eigenvalue weighted by atomic mass is 9.96. The summed E-state index contributed by atoms with van der Waals surface area (Å²) in [5.74, 6) is -0.396. The molecule has 0 aliphatic carbocycles. The number of nitrogens with zero attached hydrogens (tertiary/aromatic N) is 3. The summed E-state index contributed by atoms with van der Waals surface area (Å²) in [4.78, 5) is 10.5. The molecule has 1 aliphatic rings. The predicted octanol–water partition coefficient (Wildman–Crippen LogP) is 6.14. The van der Waals surface area contributed by atoms with Gasteiger partial charge in [-0.25, -0.2) is 9.37 Å². The van der Waals surface area contributed by atoms with Crippen molar-refractivity contribution in [2.75, 3.05) is 13.7 Å². The number of phenolic OH excluding ortho intramolecular Hbond substituents is 1. The van der Waals surface area contributed by atoms with Crippen LogP contribution in [-0.4, -0.2) is 50.0 Å². The number of benzene rings is 3. The number of phenols is 1. The zero-order valence-electron chi connectivity index (χ0n) is 21.4. The number of rotatable bonds is 6. The SMILES string of the molecule is COc1ccc(CN2CCc3nc(-c4n[nH]c5cc(-c6cc(F)c(O)cc6CC(F)(F)F)ccc45)[nH]c3C2)cc1. The molecule has 3 N–H and O–H groups in total. The lowest BCUT2D eigenvalue weighted by Gasteiger charge is -2.26. The van der Waals surface area contributed by atoms with E-state index in [1.807, 2.05) is 12.1 Å². The van der Waals surface area contributed by atoms with Gasteiger partial charge in [-0.3, -0.25) is 10.00 Å². The fourth-order valence-corrected chi connectivity index (χ4v) is 5.19. The monoisotopic (exact) mass is 551 g/mol. The third-order valence-electron chi connectivity index (χ3n) is 7.14. The second-order valence-electron chi connectivity index (χ2n) is 9.90. The molecule has 0 saturated heterocycles. The zero-order valence-corrected chi connectivity index (χ0v) is 21.4. The number of aromatic nitrogens is 4. The number of aromatic hydroxyl groups is 1. The number of alkyl halides is 3. The molecule has 3 heterocycles. The molecule has 0 bridgehead atoms. The molecule has 11 heteroatoms. The van der Waals surface area contributed by atoms with E-state index in [9.17, 15) is 22.7 Å². The zero-order chi connectivity index (χ0) is 28.0. The Hall–Kier alpha value is -4.38. The van der Waals surface area contributed by atoms with E-state index in [1.54, 1.807) is 25.3 Å². The van der Waals surface area contributed by atoms with Crippen molar-refractivity contribution >= 4 is 10.9 Å². The van der Waals surface area contributed by atoms with Gasteiger partial charge in [0, 0.05) is 31.4 Å². The summed E-state index contributed by atoms with van der Waals surface area (Å²) >= 11 is 0. The number of halogens is 4. The maximum atomic E-state index is 14.1. The molecule has 0 spiro atoms. The van der Waals surface area contributed by atoms with Gasteiger partial charge in [-0.1, -0.05) is 18.2 Å². The van der Waals surface area contributed by atoms with E-state index in [2.05, 4.69) is 32.2 Å². The molecule has 2 aromatic heterocycles. The molecule has 6 rings (SSSR count). The van der Waals surface area contributed by atoms with Gasteiger partial charge in [-0.2, -0.15) is 18.3 Å². The fourth-order valence-electron chi connectivity index (χ4n) is 5.19. The average molecular weight is 552 g/mol. The lowest BCUT2D eigenvalue weighted by molar-refractivity contribution is -0.127. The molecule has 7 nitrogen and oxygen atoms in total. The van der Waals surface area contributed by atoms with Gasteiger partial charge in [0.2, 0.25) is 0 Å². The van der Waals surface area contributed by atoms with Crippen LogP contribution in [0.25, 0.3) is 33.5 Å². The highest BCUT2D eigenvalue weighted by Gasteiger charge is 2.30. The van der Waals surface area contributed by atoms with Crippen molar-refractivity contribution in [1.29, 1.82) is 0 Å². The first-order chi connectivity index (χ1) is 19.2. The van der Waals surface area contributed by atoms with Gasteiger partial charge in [-0.15, -0.1) is 0 Å². The molecule has 3 aromatic carbocycles. The Labute approximate surface area is 226 Å². The topological polar surface area (TPSA) is 90.1 Å². The number of imidazole rings is 1. The molecule has 1 aliphatic heterocycles. The minimum absolute atomic E-state index is 0.0519. The highest BCUT2D eigenvalue weighted by Crippen LogP contribution is 2.36. The van der Waals surface area contributed by atoms with Crippen molar-refractivity contribution in [3.05, 3.63) is 82.9 Å². The number of nitrogens with one attached hydrogen (secondary N) is 2. The first kappa shape index (κ1) is 25.9. The highest BCUT2D eigenvalue weighted by molar-refractivity contribution is 5.94. The molecule has 0 radical (unpaired) electrons. The molecule has 0 unspecified atom stereocenters. The van der Waals surface area contributed by atoms with Gasteiger partial charge in [0.25, 0.3) is 0 Å². The van der Waals surface area contributed by atoms with Crippen LogP contribution in [-0.2, 0) is 25.9 Å². The van der Waals surface area contributed by atoms with Crippen molar-refractivity contribution < 1.29 is 27.4 Å². The Morgan fingerprint density at radius 1 is 1.07 bits per heavy atom. The maximum Gasteiger partial charge on any atom is 0.393 e.